The van der Waals surface area contributed by atoms with E-state index in [2.05, 4.69) is 15.3 Å². The topological polar surface area (TPSA) is 93.7 Å². The van der Waals surface area contributed by atoms with Crippen molar-refractivity contribution < 1.29 is 19.1 Å². The lowest BCUT2D eigenvalue weighted by molar-refractivity contribution is -0.126. The summed E-state index contributed by atoms with van der Waals surface area (Å²) < 4.78 is 10.8. The summed E-state index contributed by atoms with van der Waals surface area (Å²) in [5.41, 5.74) is 2.15. The van der Waals surface area contributed by atoms with Gasteiger partial charge in [0.25, 0.3) is 5.91 Å². The van der Waals surface area contributed by atoms with Crippen molar-refractivity contribution in [1.29, 1.82) is 0 Å². The third kappa shape index (κ3) is 6.46. The predicted molar refractivity (Wildman–Crippen MR) is 143 cm³/mol. The second-order valence-corrected chi connectivity index (χ2v) is 10.2. The van der Waals surface area contributed by atoms with E-state index in [-0.39, 0.29) is 23.6 Å². The maximum atomic E-state index is 13.9. The van der Waals surface area contributed by atoms with Gasteiger partial charge in [-0.3, -0.25) is 14.6 Å². The molecule has 0 spiro atoms. The maximum absolute atomic E-state index is 13.9. The molecule has 1 fully saturated rings. The molecule has 1 unspecified atom stereocenters. The van der Waals surface area contributed by atoms with Crippen molar-refractivity contribution in [1.82, 2.24) is 20.2 Å². The highest BCUT2D eigenvalue weighted by atomic mass is 32.1. The lowest BCUT2D eigenvalue weighted by Gasteiger charge is -2.33. The Hall–Kier alpha value is -3.46. The summed E-state index contributed by atoms with van der Waals surface area (Å²) in [7, 11) is 3.19. The average molecular weight is 523 g/mol. The van der Waals surface area contributed by atoms with Crippen molar-refractivity contribution in [2.45, 2.75) is 57.5 Å². The van der Waals surface area contributed by atoms with Gasteiger partial charge in [0.2, 0.25) is 5.91 Å². The van der Waals surface area contributed by atoms with E-state index in [1.807, 2.05) is 36.6 Å². The number of aromatic nitrogens is 2. The number of nitrogens with one attached hydrogen (secondary N) is 1. The summed E-state index contributed by atoms with van der Waals surface area (Å²) in [5.74, 6) is 0.775. The molecule has 1 aliphatic carbocycles. The third-order valence-electron chi connectivity index (χ3n) is 6.79. The van der Waals surface area contributed by atoms with E-state index in [0.717, 1.165) is 41.7 Å². The largest absolute Gasteiger partial charge is 0.493 e. The maximum Gasteiger partial charge on any atom is 0.275 e. The van der Waals surface area contributed by atoms with Crippen LogP contribution in [0.5, 0.6) is 11.5 Å². The smallest absolute Gasteiger partial charge is 0.275 e. The van der Waals surface area contributed by atoms with E-state index in [0.29, 0.717) is 24.5 Å². The molecule has 2 aromatic heterocycles. The molecule has 3 aromatic rings. The van der Waals surface area contributed by atoms with Crippen LogP contribution in [0.25, 0.3) is 0 Å². The molecule has 196 valence electrons. The van der Waals surface area contributed by atoms with Gasteiger partial charge in [0, 0.05) is 29.9 Å². The zero-order chi connectivity index (χ0) is 26.2. The Morgan fingerprint density at radius 1 is 1.11 bits per heavy atom. The molecule has 0 aliphatic heterocycles. The molecule has 4 rings (SSSR count). The Morgan fingerprint density at radius 2 is 1.89 bits per heavy atom. The molecule has 2 amide bonds. The Labute approximate surface area is 222 Å². The number of aryl methyl sites for hydroxylation is 1. The molecule has 0 radical (unpaired) electrons. The molecule has 8 nitrogen and oxygen atoms in total. The van der Waals surface area contributed by atoms with E-state index in [9.17, 15) is 9.59 Å². The Bertz CT molecular complexity index is 1190. The SMILES string of the molecule is COc1ccc(CCN(C(=O)c2cnccn2)C(C(=O)NC2CCCCC2)c2sccc2C)cc1OC. The first-order valence-electron chi connectivity index (χ1n) is 12.6. The highest BCUT2D eigenvalue weighted by molar-refractivity contribution is 7.10. The van der Waals surface area contributed by atoms with Gasteiger partial charge in [-0.15, -0.1) is 11.3 Å². The third-order valence-corrected chi connectivity index (χ3v) is 7.87. The normalized spacial score (nSPS) is 14.6. The van der Waals surface area contributed by atoms with E-state index in [1.54, 1.807) is 19.1 Å². The highest BCUT2D eigenvalue weighted by Gasteiger charge is 2.35. The molecule has 37 heavy (non-hydrogen) atoms. The molecule has 1 saturated carbocycles. The number of benzene rings is 1. The van der Waals surface area contributed by atoms with Crippen molar-refractivity contribution in [3.8, 4) is 11.5 Å². The van der Waals surface area contributed by atoms with Crippen LogP contribution in [-0.4, -0.2) is 53.5 Å². The summed E-state index contributed by atoms with van der Waals surface area (Å²) >= 11 is 1.49. The number of rotatable bonds is 10. The van der Waals surface area contributed by atoms with Crippen molar-refractivity contribution in [2.24, 2.45) is 0 Å². The van der Waals surface area contributed by atoms with Crippen LogP contribution < -0.4 is 14.8 Å². The van der Waals surface area contributed by atoms with Gasteiger partial charge in [0.1, 0.15) is 11.7 Å². The summed E-state index contributed by atoms with van der Waals surface area (Å²) in [6.07, 6.45) is 10.3. The minimum atomic E-state index is -0.767. The van der Waals surface area contributed by atoms with Gasteiger partial charge in [-0.2, -0.15) is 0 Å². The van der Waals surface area contributed by atoms with Crippen molar-refractivity contribution in [3.63, 3.8) is 0 Å². The van der Waals surface area contributed by atoms with Gasteiger partial charge in [0.15, 0.2) is 11.5 Å². The second kappa shape index (κ2) is 12.7. The average Bonchev–Trinajstić information content (AvgIpc) is 3.36. The van der Waals surface area contributed by atoms with Crippen LogP contribution in [0.15, 0.2) is 48.2 Å². The van der Waals surface area contributed by atoms with Gasteiger partial charge in [-0.05, 0) is 60.9 Å². The fourth-order valence-electron chi connectivity index (χ4n) is 4.78. The van der Waals surface area contributed by atoms with E-state index in [4.69, 9.17) is 9.47 Å². The number of carbonyl (C=O) groups is 2. The molecular weight excluding hydrogens is 488 g/mol. The standard InChI is InChI=1S/C28H34N4O4S/c1-19-12-16-37-26(19)25(27(33)31-21-7-5-4-6-8-21)32(28(34)22-18-29-13-14-30-22)15-11-20-9-10-23(35-2)24(17-20)36-3/h9-10,12-14,16-18,21,25H,4-8,11,15H2,1-3H3,(H,31,33). The first-order chi connectivity index (χ1) is 18.0. The first kappa shape index (κ1) is 26.6. The van der Waals surface area contributed by atoms with Crippen LogP contribution >= 0.6 is 11.3 Å². The van der Waals surface area contributed by atoms with Crippen LogP contribution in [0.2, 0.25) is 0 Å². The van der Waals surface area contributed by atoms with Gasteiger partial charge >= 0.3 is 0 Å². The zero-order valence-corrected chi connectivity index (χ0v) is 22.4. The van der Waals surface area contributed by atoms with Crippen molar-refractivity contribution in [3.05, 3.63) is 69.9 Å². The van der Waals surface area contributed by atoms with Gasteiger partial charge in [0.05, 0.1) is 20.4 Å². The number of amides is 2. The fraction of sp³-hybridized carbons (Fsp3) is 0.429. The lowest BCUT2D eigenvalue weighted by atomic mass is 9.95. The van der Waals surface area contributed by atoms with Gasteiger partial charge in [-0.1, -0.05) is 25.3 Å². The minimum Gasteiger partial charge on any atom is -0.493 e. The molecule has 0 saturated heterocycles. The summed E-state index contributed by atoms with van der Waals surface area (Å²) in [6.45, 7) is 2.29. The predicted octanol–water partition coefficient (Wildman–Crippen LogP) is 4.74. The quantitative estimate of drug-likeness (QED) is 0.413. The Morgan fingerprint density at radius 3 is 2.54 bits per heavy atom. The molecule has 1 aromatic carbocycles. The number of ether oxygens (including phenoxy) is 2. The van der Waals surface area contributed by atoms with E-state index >= 15 is 0 Å². The summed E-state index contributed by atoms with van der Waals surface area (Å²) in [4.78, 5) is 38.5. The van der Waals surface area contributed by atoms with Crippen LogP contribution in [0.4, 0.5) is 0 Å². The highest BCUT2D eigenvalue weighted by Crippen LogP contribution is 2.32. The van der Waals surface area contributed by atoms with Crippen LogP contribution in [-0.2, 0) is 11.2 Å². The van der Waals surface area contributed by atoms with Crippen LogP contribution in [0.1, 0.15) is 64.6 Å². The molecule has 9 heteroatoms. The minimum absolute atomic E-state index is 0.128. The molecule has 1 N–H and O–H groups in total. The van der Waals surface area contributed by atoms with Crippen molar-refractivity contribution >= 4 is 23.2 Å². The number of hydrogen-bond donors (Lipinski definition) is 1. The molecule has 2 heterocycles. The Kier molecular flexibility index (Phi) is 9.11. The molecule has 0 bridgehead atoms. The van der Waals surface area contributed by atoms with Crippen molar-refractivity contribution in [2.75, 3.05) is 20.8 Å². The molecular formula is C28H34N4O4S. The number of nitrogens with zero attached hydrogens (tertiary/aromatic N) is 3. The van der Waals surface area contributed by atoms with Crippen LogP contribution in [0.3, 0.4) is 0 Å². The summed E-state index contributed by atoms with van der Waals surface area (Å²) in [6, 6.07) is 7.04. The molecule has 1 aliphatic rings. The van der Waals surface area contributed by atoms with Gasteiger partial charge in [-0.25, -0.2) is 4.98 Å². The van der Waals surface area contributed by atoms with E-state index in [1.165, 1.54) is 36.3 Å². The van der Waals surface area contributed by atoms with Gasteiger partial charge < -0.3 is 19.7 Å². The second-order valence-electron chi connectivity index (χ2n) is 9.24. The number of carbonyl (C=O) groups excluding carboxylic acids is 2. The zero-order valence-electron chi connectivity index (χ0n) is 21.6. The lowest BCUT2D eigenvalue weighted by Crippen LogP contribution is -2.47. The number of methoxy groups -OCH3 is 2. The first-order valence-corrected chi connectivity index (χ1v) is 13.5. The summed E-state index contributed by atoms with van der Waals surface area (Å²) in [5, 5.41) is 5.22. The monoisotopic (exact) mass is 522 g/mol. The van der Waals surface area contributed by atoms with Crippen LogP contribution in [0, 0.1) is 6.92 Å². The number of hydrogen-bond acceptors (Lipinski definition) is 7. The Balaban J connectivity index is 1.67. The number of thiophene rings is 1. The molecule has 1 atom stereocenters. The van der Waals surface area contributed by atoms with E-state index < -0.39 is 6.04 Å². The fourth-order valence-corrected chi connectivity index (χ4v) is 5.82.